The van der Waals surface area contributed by atoms with Crippen molar-refractivity contribution in [2.24, 2.45) is 0 Å². The molecule has 0 aliphatic carbocycles. The van der Waals surface area contributed by atoms with Gasteiger partial charge in [0, 0.05) is 6.07 Å². The first kappa shape index (κ1) is 17.9. The number of hydrogen-bond acceptors (Lipinski definition) is 8. The molecule has 1 atom stereocenters. The fourth-order valence-electron chi connectivity index (χ4n) is 2.27. The van der Waals surface area contributed by atoms with Crippen LogP contribution in [0.5, 0.6) is 5.75 Å². The van der Waals surface area contributed by atoms with E-state index in [0.29, 0.717) is 28.8 Å². The second kappa shape index (κ2) is 8.00. The number of aryl methyl sites for hydroxylation is 1. The molecule has 0 bridgehead atoms. The maximum atomic E-state index is 12.6. The van der Waals surface area contributed by atoms with Gasteiger partial charge >= 0.3 is 0 Å². The number of rotatable bonds is 7. The number of carbonyl (C=O) groups is 1. The summed E-state index contributed by atoms with van der Waals surface area (Å²) in [6.45, 7) is 3.76. The van der Waals surface area contributed by atoms with Gasteiger partial charge in [0.05, 0.1) is 10.9 Å². The first-order chi connectivity index (χ1) is 12.6. The minimum absolute atomic E-state index is 0.155. The van der Waals surface area contributed by atoms with Gasteiger partial charge in [-0.2, -0.15) is 4.68 Å². The van der Waals surface area contributed by atoms with Crippen LogP contribution in [0.4, 0.5) is 5.82 Å². The molecular formula is C16H18N6O3S. The van der Waals surface area contributed by atoms with Crippen molar-refractivity contribution in [1.82, 2.24) is 25.4 Å². The molecule has 2 N–H and O–H groups in total. The highest BCUT2D eigenvalue weighted by molar-refractivity contribution is 8.00. The van der Waals surface area contributed by atoms with Gasteiger partial charge in [-0.25, -0.2) is 0 Å². The normalized spacial score (nSPS) is 12.1. The van der Waals surface area contributed by atoms with Crippen LogP contribution in [-0.4, -0.2) is 41.6 Å². The fourth-order valence-corrected chi connectivity index (χ4v) is 3.37. The van der Waals surface area contributed by atoms with Crippen molar-refractivity contribution < 1.29 is 14.4 Å². The van der Waals surface area contributed by atoms with Gasteiger partial charge in [-0.1, -0.05) is 30.3 Å². The molecule has 0 fully saturated rings. The lowest BCUT2D eigenvalue weighted by molar-refractivity contribution is -0.115. The highest BCUT2D eigenvalue weighted by atomic mass is 32.2. The third kappa shape index (κ3) is 4.20. The first-order valence-corrected chi connectivity index (χ1v) is 8.93. The molecule has 0 saturated carbocycles. The van der Waals surface area contributed by atoms with Crippen LogP contribution in [0.1, 0.15) is 25.5 Å². The number of carbonyl (C=O) groups excluding carboxylic acids is 1. The van der Waals surface area contributed by atoms with Crippen molar-refractivity contribution in [1.29, 1.82) is 0 Å². The smallest absolute Gasteiger partial charge is 0.239 e. The zero-order valence-electron chi connectivity index (χ0n) is 14.3. The summed E-state index contributed by atoms with van der Waals surface area (Å²) in [7, 11) is 0. The van der Waals surface area contributed by atoms with Gasteiger partial charge in [0.2, 0.25) is 11.1 Å². The van der Waals surface area contributed by atoms with Crippen molar-refractivity contribution in [2.75, 3.05) is 5.32 Å². The minimum atomic E-state index is -0.390. The topological polar surface area (TPSA) is 119 Å². The third-order valence-corrected chi connectivity index (χ3v) is 4.71. The number of phenolic OH excluding ortho intramolecular Hbond substituents is 1. The highest BCUT2D eigenvalue weighted by Crippen LogP contribution is 2.27. The standard InChI is InChI=1S/C16H18N6O3S/c1-3-4-13(15(24)17-14-9-10(2)25-19-14)26-16-18-20-21-22(16)11-5-7-12(23)8-6-11/h5-9,13,23H,3-4H2,1-2H3,(H,17,19,24). The van der Waals surface area contributed by atoms with Gasteiger partial charge in [-0.05, 0) is 48.0 Å². The lowest BCUT2D eigenvalue weighted by atomic mass is 10.2. The molecule has 0 radical (unpaired) electrons. The molecule has 2 aromatic heterocycles. The van der Waals surface area contributed by atoms with Crippen LogP contribution in [0.3, 0.4) is 0 Å². The second-order valence-corrected chi connectivity index (χ2v) is 6.77. The summed E-state index contributed by atoms with van der Waals surface area (Å²) in [6, 6.07) is 8.15. The zero-order valence-corrected chi connectivity index (χ0v) is 15.1. The molecule has 0 aliphatic rings. The molecule has 1 amide bonds. The lowest BCUT2D eigenvalue weighted by Crippen LogP contribution is -2.25. The Labute approximate surface area is 153 Å². The van der Waals surface area contributed by atoms with E-state index in [9.17, 15) is 9.90 Å². The molecular weight excluding hydrogens is 356 g/mol. The van der Waals surface area contributed by atoms with Crippen LogP contribution in [0.2, 0.25) is 0 Å². The Morgan fingerprint density at radius 2 is 2.15 bits per heavy atom. The largest absolute Gasteiger partial charge is 0.508 e. The molecule has 0 spiro atoms. The number of phenols is 1. The maximum absolute atomic E-state index is 12.6. The number of anilines is 1. The van der Waals surface area contributed by atoms with Gasteiger partial charge in [0.25, 0.3) is 0 Å². The van der Waals surface area contributed by atoms with E-state index in [1.165, 1.54) is 16.4 Å². The van der Waals surface area contributed by atoms with Crippen molar-refractivity contribution in [2.45, 2.75) is 37.1 Å². The quantitative estimate of drug-likeness (QED) is 0.606. The van der Waals surface area contributed by atoms with Crippen molar-refractivity contribution >= 4 is 23.5 Å². The van der Waals surface area contributed by atoms with E-state index in [4.69, 9.17) is 4.52 Å². The molecule has 2 heterocycles. The number of benzene rings is 1. The van der Waals surface area contributed by atoms with Crippen LogP contribution < -0.4 is 5.32 Å². The monoisotopic (exact) mass is 374 g/mol. The number of aromatic nitrogens is 5. The van der Waals surface area contributed by atoms with E-state index in [-0.39, 0.29) is 16.9 Å². The van der Waals surface area contributed by atoms with Crippen molar-refractivity contribution in [3.8, 4) is 11.4 Å². The molecule has 26 heavy (non-hydrogen) atoms. The Balaban J connectivity index is 1.77. The molecule has 10 heteroatoms. The average Bonchev–Trinajstić information content (AvgIpc) is 3.24. The summed E-state index contributed by atoms with van der Waals surface area (Å²) in [5, 5.41) is 27.7. The number of nitrogens with zero attached hydrogens (tertiary/aromatic N) is 5. The van der Waals surface area contributed by atoms with Crippen LogP contribution >= 0.6 is 11.8 Å². The minimum Gasteiger partial charge on any atom is -0.508 e. The van der Waals surface area contributed by atoms with Crippen LogP contribution in [-0.2, 0) is 4.79 Å². The van der Waals surface area contributed by atoms with Gasteiger partial charge in [-0.3, -0.25) is 4.79 Å². The summed E-state index contributed by atoms with van der Waals surface area (Å²) in [4.78, 5) is 12.6. The van der Waals surface area contributed by atoms with E-state index in [1.54, 1.807) is 37.3 Å². The SMILES string of the molecule is CCCC(Sc1nnnn1-c1ccc(O)cc1)C(=O)Nc1cc(C)on1. The van der Waals surface area contributed by atoms with Crippen LogP contribution in [0, 0.1) is 6.92 Å². The lowest BCUT2D eigenvalue weighted by Gasteiger charge is -2.14. The van der Waals surface area contributed by atoms with Gasteiger partial charge < -0.3 is 14.9 Å². The van der Waals surface area contributed by atoms with Gasteiger partial charge in [0.15, 0.2) is 5.82 Å². The number of hydrogen-bond donors (Lipinski definition) is 2. The molecule has 3 rings (SSSR count). The average molecular weight is 374 g/mol. The predicted molar refractivity (Wildman–Crippen MR) is 95.2 cm³/mol. The number of aromatic hydroxyl groups is 1. The second-order valence-electron chi connectivity index (χ2n) is 5.60. The third-order valence-electron chi connectivity index (χ3n) is 3.51. The molecule has 9 nitrogen and oxygen atoms in total. The van der Waals surface area contributed by atoms with Crippen LogP contribution in [0.25, 0.3) is 5.69 Å². The Kier molecular flexibility index (Phi) is 5.52. The van der Waals surface area contributed by atoms with Crippen LogP contribution in [0.15, 0.2) is 40.0 Å². The Morgan fingerprint density at radius 1 is 1.38 bits per heavy atom. The first-order valence-electron chi connectivity index (χ1n) is 8.05. The summed E-state index contributed by atoms with van der Waals surface area (Å²) in [6.07, 6.45) is 1.47. The van der Waals surface area contributed by atoms with E-state index in [1.807, 2.05) is 6.92 Å². The predicted octanol–water partition coefficient (Wildman–Crippen LogP) is 2.56. The molecule has 136 valence electrons. The van der Waals surface area contributed by atoms with E-state index in [2.05, 4.69) is 26.0 Å². The number of nitrogens with one attached hydrogen (secondary N) is 1. The summed E-state index contributed by atoms with van der Waals surface area (Å²) in [5.41, 5.74) is 0.693. The summed E-state index contributed by atoms with van der Waals surface area (Å²) in [5.74, 6) is 0.969. The maximum Gasteiger partial charge on any atom is 0.239 e. The molecule has 3 aromatic rings. The van der Waals surface area contributed by atoms with Crippen molar-refractivity contribution in [3.63, 3.8) is 0 Å². The van der Waals surface area contributed by atoms with Gasteiger partial charge in [0.1, 0.15) is 11.5 Å². The van der Waals surface area contributed by atoms with E-state index in [0.717, 1.165) is 6.42 Å². The zero-order chi connectivity index (χ0) is 18.5. The van der Waals surface area contributed by atoms with E-state index >= 15 is 0 Å². The Morgan fingerprint density at radius 3 is 2.81 bits per heavy atom. The summed E-state index contributed by atoms with van der Waals surface area (Å²) < 4.78 is 6.50. The summed E-state index contributed by atoms with van der Waals surface area (Å²) >= 11 is 1.27. The fraction of sp³-hybridized carbons (Fsp3) is 0.312. The Bertz CT molecular complexity index is 876. The molecule has 0 saturated heterocycles. The molecule has 1 unspecified atom stereocenters. The highest BCUT2D eigenvalue weighted by Gasteiger charge is 2.23. The Hall–Kier alpha value is -2.88. The molecule has 0 aliphatic heterocycles. The number of amides is 1. The van der Waals surface area contributed by atoms with Crippen molar-refractivity contribution in [3.05, 3.63) is 36.1 Å². The van der Waals surface area contributed by atoms with Gasteiger partial charge in [-0.15, -0.1) is 5.10 Å². The molecule has 1 aromatic carbocycles. The number of tetrazole rings is 1. The van der Waals surface area contributed by atoms with E-state index < -0.39 is 0 Å². The number of thioether (sulfide) groups is 1.